The molecule has 0 radical (unpaired) electrons. The summed E-state index contributed by atoms with van der Waals surface area (Å²) >= 11 is 0. The Bertz CT molecular complexity index is 1150. The van der Waals surface area contributed by atoms with E-state index in [9.17, 15) is 9.59 Å². The molecule has 1 atom stereocenters. The summed E-state index contributed by atoms with van der Waals surface area (Å²) in [5.41, 5.74) is 0. The van der Waals surface area contributed by atoms with E-state index in [4.69, 9.17) is 13.6 Å². The maximum Gasteiger partial charge on any atom is 0.250 e. The van der Waals surface area contributed by atoms with Crippen molar-refractivity contribution in [1.29, 1.82) is 0 Å². The van der Waals surface area contributed by atoms with E-state index in [0.717, 1.165) is 31.4 Å². The summed E-state index contributed by atoms with van der Waals surface area (Å²) < 4.78 is 16.9. The quantitative estimate of drug-likeness (QED) is 0.377. The standard InChI is InChI=1S/C25H34N6O5/c1-4-34-15-7-14-30(22(32)16-31-28-24(27-29-31)21-13-11-18(3)36-21)23(20-12-10-17(2)35-20)25(33)26-19-8-5-6-9-19/h10-13,19,23H,4-9,14-16H2,1-3H3,(H,26,33)/t23-/m1/s1. The first-order valence-corrected chi connectivity index (χ1v) is 12.5. The minimum atomic E-state index is -0.913. The van der Waals surface area contributed by atoms with Crippen LogP contribution < -0.4 is 5.32 Å². The van der Waals surface area contributed by atoms with Crippen molar-refractivity contribution in [2.45, 2.75) is 71.5 Å². The van der Waals surface area contributed by atoms with Gasteiger partial charge in [0, 0.05) is 25.8 Å². The van der Waals surface area contributed by atoms with E-state index in [1.54, 1.807) is 24.3 Å². The predicted octanol–water partition coefficient (Wildman–Crippen LogP) is 3.20. The molecule has 3 aromatic rings. The van der Waals surface area contributed by atoms with E-state index >= 15 is 0 Å². The molecule has 1 N–H and O–H groups in total. The van der Waals surface area contributed by atoms with Crippen LogP contribution in [-0.4, -0.2) is 62.7 Å². The Kier molecular flexibility index (Phi) is 8.52. The fourth-order valence-electron chi connectivity index (χ4n) is 4.43. The molecule has 194 valence electrons. The van der Waals surface area contributed by atoms with Crippen molar-refractivity contribution in [3.8, 4) is 11.6 Å². The third-order valence-electron chi connectivity index (χ3n) is 6.19. The number of carbonyl (C=O) groups excluding carboxylic acids is 2. The van der Waals surface area contributed by atoms with E-state index in [-0.39, 0.29) is 30.2 Å². The highest BCUT2D eigenvalue weighted by atomic mass is 16.5. The highest BCUT2D eigenvalue weighted by molar-refractivity contribution is 5.88. The van der Waals surface area contributed by atoms with E-state index in [1.807, 2.05) is 20.8 Å². The number of nitrogens with one attached hydrogen (secondary N) is 1. The third kappa shape index (κ3) is 6.39. The minimum absolute atomic E-state index is 0.104. The molecule has 1 aliphatic carbocycles. The van der Waals surface area contributed by atoms with Crippen molar-refractivity contribution in [3.63, 3.8) is 0 Å². The Hall–Kier alpha value is -3.47. The zero-order chi connectivity index (χ0) is 25.5. The lowest BCUT2D eigenvalue weighted by atomic mass is 10.1. The van der Waals surface area contributed by atoms with Crippen LogP contribution in [0.2, 0.25) is 0 Å². The molecule has 0 unspecified atom stereocenters. The number of tetrazole rings is 1. The number of aryl methyl sites for hydroxylation is 2. The topological polar surface area (TPSA) is 129 Å². The highest BCUT2D eigenvalue weighted by Crippen LogP contribution is 2.26. The molecule has 4 rings (SSSR count). The second-order valence-electron chi connectivity index (χ2n) is 9.03. The van der Waals surface area contributed by atoms with Gasteiger partial charge in [-0.2, -0.15) is 4.80 Å². The van der Waals surface area contributed by atoms with Gasteiger partial charge in [0.05, 0.1) is 0 Å². The molecular weight excluding hydrogens is 464 g/mol. The second kappa shape index (κ2) is 12.0. The molecule has 1 saturated carbocycles. The van der Waals surface area contributed by atoms with Gasteiger partial charge < -0.3 is 23.8 Å². The smallest absolute Gasteiger partial charge is 0.250 e. The lowest BCUT2D eigenvalue weighted by Crippen LogP contribution is -2.47. The molecule has 1 fully saturated rings. The number of hydrogen-bond donors (Lipinski definition) is 1. The average molecular weight is 499 g/mol. The zero-order valence-corrected chi connectivity index (χ0v) is 21.1. The van der Waals surface area contributed by atoms with E-state index in [2.05, 4.69) is 20.7 Å². The number of ether oxygens (including phenoxy) is 1. The molecule has 0 saturated heterocycles. The number of nitrogens with zero attached hydrogens (tertiary/aromatic N) is 5. The van der Waals surface area contributed by atoms with Crippen molar-refractivity contribution in [1.82, 2.24) is 30.4 Å². The van der Waals surface area contributed by atoms with Crippen molar-refractivity contribution in [2.24, 2.45) is 0 Å². The Morgan fingerprint density at radius 1 is 1.17 bits per heavy atom. The molecule has 11 nitrogen and oxygen atoms in total. The lowest BCUT2D eigenvalue weighted by Gasteiger charge is -2.30. The van der Waals surface area contributed by atoms with Crippen LogP contribution in [0.3, 0.4) is 0 Å². The molecule has 3 aromatic heterocycles. The Labute approximate surface area is 210 Å². The summed E-state index contributed by atoms with van der Waals surface area (Å²) in [6.45, 7) is 6.72. The number of amides is 2. The van der Waals surface area contributed by atoms with Crippen molar-refractivity contribution >= 4 is 11.8 Å². The number of carbonyl (C=O) groups is 2. The number of aromatic nitrogens is 4. The SMILES string of the molecule is CCOCCCN(C(=O)Cn1nnc(-c2ccc(C)o2)n1)[C@@H](C(=O)NC1CCCC1)c1ccc(C)o1. The van der Waals surface area contributed by atoms with Crippen LogP contribution in [0.1, 0.15) is 62.4 Å². The van der Waals surface area contributed by atoms with Gasteiger partial charge in [0.15, 0.2) is 11.8 Å². The van der Waals surface area contributed by atoms with Crippen LogP contribution in [0.25, 0.3) is 11.6 Å². The van der Waals surface area contributed by atoms with Crippen LogP contribution in [0.5, 0.6) is 0 Å². The lowest BCUT2D eigenvalue weighted by molar-refractivity contribution is -0.143. The molecular formula is C25H34N6O5. The largest absolute Gasteiger partial charge is 0.464 e. The molecule has 0 aromatic carbocycles. The summed E-state index contributed by atoms with van der Waals surface area (Å²) in [4.78, 5) is 29.9. The number of rotatable bonds is 12. The van der Waals surface area contributed by atoms with Crippen LogP contribution in [-0.2, 0) is 20.9 Å². The second-order valence-corrected chi connectivity index (χ2v) is 9.03. The Balaban J connectivity index is 1.56. The first kappa shape index (κ1) is 25.6. The third-order valence-corrected chi connectivity index (χ3v) is 6.19. The normalized spacial score (nSPS) is 14.8. The van der Waals surface area contributed by atoms with Crippen LogP contribution in [0.4, 0.5) is 0 Å². The average Bonchev–Trinajstić information content (AvgIpc) is 3.65. The summed E-state index contributed by atoms with van der Waals surface area (Å²) in [5, 5.41) is 15.4. The fourth-order valence-corrected chi connectivity index (χ4v) is 4.43. The van der Waals surface area contributed by atoms with Gasteiger partial charge in [0.2, 0.25) is 11.7 Å². The van der Waals surface area contributed by atoms with Crippen LogP contribution in [0.15, 0.2) is 33.1 Å². The fraction of sp³-hybridized carbons (Fsp3) is 0.560. The first-order chi connectivity index (χ1) is 17.4. The molecule has 11 heteroatoms. The number of furan rings is 2. The number of hydrogen-bond acceptors (Lipinski definition) is 8. The van der Waals surface area contributed by atoms with Gasteiger partial charge in [0.25, 0.3) is 5.91 Å². The van der Waals surface area contributed by atoms with Gasteiger partial charge in [0.1, 0.15) is 23.8 Å². The van der Waals surface area contributed by atoms with Gasteiger partial charge in [-0.25, -0.2) is 0 Å². The van der Waals surface area contributed by atoms with Gasteiger partial charge in [-0.1, -0.05) is 12.8 Å². The molecule has 2 amide bonds. The maximum absolute atomic E-state index is 13.6. The summed E-state index contributed by atoms with van der Waals surface area (Å²) in [6.07, 6.45) is 4.61. The van der Waals surface area contributed by atoms with Crippen molar-refractivity contribution < 1.29 is 23.2 Å². The Morgan fingerprint density at radius 2 is 1.92 bits per heavy atom. The molecule has 0 bridgehead atoms. The van der Waals surface area contributed by atoms with Gasteiger partial charge in [-0.05, 0) is 69.5 Å². The monoisotopic (exact) mass is 498 g/mol. The van der Waals surface area contributed by atoms with Crippen molar-refractivity contribution in [3.05, 3.63) is 41.5 Å². The first-order valence-electron chi connectivity index (χ1n) is 12.5. The summed E-state index contributed by atoms with van der Waals surface area (Å²) in [5.74, 6) is 2.00. The Morgan fingerprint density at radius 3 is 2.58 bits per heavy atom. The zero-order valence-electron chi connectivity index (χ0n) is 21.1. The van der Waals surface area contributed by atoms with E-state index in [1.165, 1.54) is 9.70 Å². The summed E-state index contributed by atoms with van der Waals surface area (Å²) in [7, 11) is 0. The molecule has 36 heavy (non-hydrogen) atoms. The summed E-state index contributed by atoms with van der Waals surface area (Å²) in [6, 6.07) is 6.30. The molecule has 1 aliphatic rings. The van der Waals surface area contributed by atoms with Crippen molar-refractivity contribution in [2.75, 3.05) is 19.8 Å². The van der Waals surface area contributed by atoms with Crippen LogP contribution >= 0.6 is 0 Å². The molecule has 3 heterocycles. The predicted molar refractivity (Wildman–Crippen MR) is 130 cm³/mol. The van der Waals surface area contributed by atoms with Gasteiger partial charge in [-0.15, -0.1) is 10.2 Å². The highest BCUT2D eigenvalue weighted by Gasteiger charge is 2.35. The van der Waals surface area contributed by atoms with E-state index in [0.29, 0.717) is 43.5 Å². The minimum Gasteiger partial charge on any atom is -0.464 e. The van der Waals surface area contributed by atoms with Gasteiger partial charge in [-0.3, -0.25) is 9.59 Å². The van der Waals surface area contributed by atoms with Crippen LogP contribution in [0, 0.1) is 13.8 Å². The van der Waals surface area contributed by atoms with Gasteiger partial charge >= 0.3 is 0 Å². The van der Waals surface area contributed by atoms with E-state index < -0.39 is 6.04 Å². The molecule has 0 aliphatic heterocycles. The molecule has 0 spiro atoms. The maximum atomic E-state index is 13.6.